The third-order valence-electron chi connectivity index (χ3n) is 11.4. The Balaban J connectivity index is 1.37. The van der Waals surface area contributed by atoms with E-state index in [1.54, 1.807) is 24.3 Å². The molecule has 1 aliphatic rings. The Bertz CT molecular complexity index is 3700. The zero-order valence-corrected chi connectivity index (χ0v) is 28.5. The molecule has 8 nitrogen and oxygen atoms in total. The van der Waals surface area contributed by atoms with E-state index in [4.69, 9.17) is 8.83 Å². The van der Waals surface area contributed by atoms with Crippen molar-refractivity contribution in [3.05, 3.63) is 138 Å². The van der Waals surface area contributed by atoms with Gasteiger partial charge in [0.1, 0.15) is 34.5 Å². The third kappa shape index (κ3) is 3.52. The van der Waals surface area contributed by atoms with Crippen LogP contribution in [0.2, 0.25) is 0 Å². The largest absolute Gasteiger partial charge is 0.455 e. The van der Waals surface area contributed by atoms with Crippen LogP contribution in [-0.2, 0) is 0 Å². The number of aromatic nitrogens is 2. The summed E-state index contributed by atoms with van der Waals surface area (Å²) in [5, 5.41) is 48.5. The normalized spacial score (nSPS) is 12.3. The summed E-state index contributed by atoms with van der Waals surface area (Å²) < 4.78 is 17.9. The first kappa shape index (κ1) is 29.4. The molecule has 0 N–H and O–H groups in total. The number of para-hydroxylation sites is 3. The van der Waals surface area contributed by atoms with Crippen LogP contribution in [0, 0.1) is 45.3 Å². The standard InChI is InChI=1S/C46H19BN6O2/c48-20-24-15-26(22-50)42-31(17-24)32-18-25(21-49)16-27(23-51)43(32)53(42)47-34-9-3-4-10-36(34)52-37-14-13-30-28-7-1-5-11-38(28)54-45(30)40(37)41-44(52)35(47)19-33-29-8-2-6-12-39(29)55-46(33)41/h1-19H. The van der Waals surface area contributed by atoms with E-state index in [9.17, 15) is 21.0 Å². The van der Waals surface area contributed by atoms with E-state index < -0.39 is 6.85 Å². The minimum atomic E-state index is -0.556. The smallest absolute Gasteiger partial charge is 0.332 e. The molecule has 12 rings (SSSR count). The first-order valence-corrected chi connectivity index (χ1v) is 17.7. The summed E-state index contributed by atoms with van der Waals surface area (Å²) in [4.78, 5) is 0. The summed E-state index contributed by atoms with van der Waals surface area (Å²) in [5.74, 6) is 0. The van der Waals surface area contributed by atoms with E-state index in [1.807, 2.05) is 48.5 Å². The molecule has 0 saturated carbocycles. The molecule has 0 radical (unpaired) electrons. The van der Waals surface area contributed by atoms with E-state index in [0.29, 0.717) is 44.1 Å². The van der Waals surface area contributed by atoms with Crippen LogP contribution in [0.4, 0.5) is 0 Å². The average molecular weight is 699 g/mol. The van der Waals surface area contributed by atoms with Gasteiger partial charge < -0.3 is 17.9 Å². The van der Waals surface area contributed by atoms with E-state index in [2.05, 4.69) is 75.8 Å². The van der Waals surface area contributed by atoms with Crippen LogP contribution in [0.5, 0.6) is 0 Å². The third-order valence-corrected chi connectivity index (χ3v) is 11.4. The van der Waals surface area contributed by atoms with Gasteiger partial charge in [-0.25, -0.2) is 0 Å². The van der Waals surface area contributed by atoms with Gasteiger partial charge in [0.15, 0.2) is 0 Å². The van der Waals surface area contributed by atoms with E-state index in [-0.39, 0.29) is 0 Å². The molecule has 0 spiro atoms. The van der Waals surface area contributed by atoms with Crippen molar-refractivity contribution in [3.63, 3.8) is 0 Å². The Labute approximate surface area is 310 Å². The minimum Gasteiger partial charge on any atom is -0.455 e. The van der Waals surface area contributed by atoms with Crippen molar-refractivity contribution in [2.24, 2.45) is 0 Å². The minimum absolute atomic E-state index is 0.298. The molecule has 0 unspecified atom stereocenters. The Morgan fingerprint density at radius 2 is 1.05 bits per heavy atom. The average Bonchev–Trinajstić information content (AvgIpc) is 3.98. The number of nitriles is 4. The van der Waals surface area contributed by atoms with Gasteiger partial charge in [-0.05, 0) is 65.5 Å². The van der Waals surface area contributed by atoms with Gasteiger partial charge >= 0.3 is 6.85 Å². The summed E-state index contributed by atoms with van der Waals surface area (Å²) in [6.07, 6.45) is 0. The zero-order chi connectivity index (χ0) is 36.7. The molecule has 11 aromatic rings. The van der Waals surface area contributed by atoms with Gasteiger partial charge in [0.25, 0.3) is 0 Å². The molecule has 1 aliphatic heterocycles. The van der Waals surface area contributed by atoms with Crippen molar-refractivity contribution >= 4 is 105 Å². The summed E-state index contributed by atoms with van der Waals surface area (Å²) in [6.45, 7) is -0.556. The number of benzene rings is 7. The van der Waals surface area contributed by atoms with Gasteiger partial charge in [-0.15, -0.1) is 0 Å². The first-order valence-electron chi connectivity index (χ1n) is 17.7. The van der Waals surface area contributed by atoms with Crippen LogP contribution in [-0.4, -0.2) is 15.9 Å². The van der Waals surface area contributed by atoms with Crippen LogP contribution < -0.4 is 10.9 Å². The molecule has 0 fully saturated rings. The highest BCUT2D eigenvalue weighted by atomic mass is 16.3. The van der Waals surface area contributed by atoms with Crippen LogP contribution in [0.25, 0.3) is 93.2 Å². The lowest BCUT2D eigenvalue weighted by molar-refractivity contribution is 0.670. The summed E-state index contributed by atoms with van der Waals surface area (Å²) >= 11 is 0. The molecule has 55 heavy (non-hydrogen) atoms. The van der Waals surface area contributed by atoms with Crippen LogP contribution in [0.3, 0.4) is 0 Å². The van der Waals surface area contributed by atoms with Crippen molar-refractivity contribution in [2.75, 3.05) is 0 Å². The maximum absolute atomic E-state index is 10.7. The second-order valence-electron chi connectivity index (χ2n) is 14.1. The monoisotopic (exact) mass is 698 g/mol. The second kappa shape index (κ2) is 10.2. The number of hydrogen-bond donors (Lipinski definition) is 0. The highest BCUT2D eigenvalue weighted by molar-refractivity contribution is 6.88. The molecular formula is C46H19BN6O2. The molecule has 7 aromatic carbocycles. The lowest BCUT2D eigenvalue weighted by Gasteiger charge is -2.28. The second-order valence-corrected chi connectivity index (χ2v) is 14.1. The van der Waals surface area contributed by atoms with Crippen LogP contribution in [0.15, 0.2) is 124 Å². The predicted molar refractivity (Wildman–Crippen MR) is 214 cm³/mol. The topological polar surface area (TPSA) is 131 Å². The van der Waals surface area contributed by atoms with Crippen molar-refractivity contribution in [2.45, 2.75) is 0 Å². The lowest BCUT2D eigenvalue weighted by atomic mass is 9.48. The maximum Gasteiger partial charge on any atom is 0.332 e. The molecule has 5 heterocycles. The molecule has 0 aliphatic carbocycles. The molecule has 9 heteroatoms. The number of fused-ring (bicyclic) bond motifs is 16. The fourth-order valence-electron chi connectivity index (χ4n) is 9.36. The van der Waals surface area contributed by atoms with Crippen molar-refractivity contribution in [3.8, 4) is 30.0 Å². The molecule has 0 bridgehead atoms. The maximum atomic E-state index is 10.7. The Kier molecular flexibility index (Phi) is 5.45. The van der Waals surface area contributed by atoms with Crippen LogP contribution >= 0.6 is 0 Å². The molecule has 0 amide bonds. The Morgan fingerprint density at radius 1 is 0.473 bits per heavy atom. The van der Waals surface area contributed by atoms with Gasteiger partial charge in [-0.1, -0.05) is 60.7 Å². The molecular weight excluding hydrogens is 679 g/mol. The van der Waals surface area contributed by atoms with Crippen molar-refractivity contribution < 1.29 is 8.83 Å². The number of rotatable bonds is 1. The quantitative estimate of drug-likeness (QED) is 0.157. The molecule has 0 atom stereocenters. The first-order chi connectivity index (χ1) is 27.1. The molecule has 4 aromatic heterocycles. The van der Waals surface area contributed by atoms with Crippen LogP contribution in [0.1, 0.15) is 22.3 Å². The fourth-order valence-corrected chi connectivity index (χ4v) is 9.36. The van der Waals surface area contributed by atoms with Gasteiger partial charge in [0.2, 0.25) is 0 Å². The van der Waals surface area contributed by atoms with Crippen molar-refractivity contribution in [1.82, 2.24) is 9.05 Å². The van der Waals surface area contributed by atoms with E-state index in [0.717, 1.165) is 82.3 Å². The molecule has 0 saturated heterocycles. The number of nitrogens with zero attached hydrogens (tertiary/aromatic N) is 6. The van der Waals surface area contributed by atoms with E-state index >= 15 is 0 Å². The SMILES string of the molecule is N#Cc1cc(C#N)c2c(c1)c1cc(C#N)cc(C#N)c1n2B1c2ccccc2-n2c3ccc4c5ccccc5oc4c3c3c4oc5ccccc5c4cc1c32. The predicted octanol–water partition coefficient (Wildman–Crippen LogP) is 9.14. The van der Waals surface area contributed by atoms with Gasteiger partial charge in [-0.3, -0.25) is 0 Å². The Morgan fingerprint density at radius 3 is 1.69 bits per heavy atom. The van der Waals surface area contributed by atoms with Crippen molar-refractivity contribution in [1.29, 1.82) is 21.0 Å². The number of hydrogen-bond acceptors (Lipinski definition) is 6. The van der Waals surface area contributed by atoms with Gasteiger partial charge in [-0.2, -0.15) is 21.0 Å². The summed E-state index contributed by atoms with van der Waals surface area (Å²) in [7, 11) is 0. The fraction of sp³-hybridized carbons (Fsp3) is 0. The van der Waals surface area contributed by atoms with Gasteiger partial charge in [0, 0.05) is 38.0 Å². The highest BCUT2D eigenvalue weighted by Crippen LogP contribution is 2.46. The lowest BCUT2D eigenvalue weighted by Crippen LogP contribution is -2.53. The summed E-state index contributed by atoms with van der Waals surface area (Å²) in [5.41, 5.74) is 10.1. The van der Waals surface area contributed by atoms with E-state index in [1.165, 1.54) is 0 Å². The molecule has 248 valence electrons. The van der Waals surface area contributed by atoms with Gasteiger partial charge in [0.05, 0.1) is 67.2 Å². The summed E-state index contributed by atoms with van der Waals surface area (Å²) in [6, 6.07) is 46.6. The Hall–Kier alpha value is -8.24. The highest BCUT2D eigenvalue weighted by Gasteiger charge is 2.39. The number of furan rings is 2. The zero-order valence-electron chi connectivity index (χ0n) is 28.5.